The Morgan fingerprint density at radius 2 is 2.25 bits per heavy atom. The Bertz CT molecular complexity index is 117. The molecule has 0 heteroatoms. The summed E-state index contributed by atoms with van der Waals surface area (Å²) < 4.78 is 0. The Hall–Kier alpha value is 0. The zero-order valence-electron chi connectivity index (χ0n) is 5.78. The maximum absolute atomic E-state index is 2.45. The molecule has 2 saturated carbocycles. The van der Waals surface area contributed by atoms with Gasteiger partial charge in [-0.15, -0.1) is 0 Å². The number of rotatable bonds is 0. The van der Waals surface area contributed by atoms with Crippen LogP contribution in [-0.4, -0.2) is 0 Å². The Labute approximate surface area is 51.3 Å². The van der Waals surface area contributed by atoms with Gasteiger partial charge in [0.05, 0.1) is 0 Å². The minimum absolute atomic E-state index is 0.833. The fraction of sp³-hybridized carbons (Fsp3) is 1.00. The first-order valence-electron chi connectivity index (χ1n) is 3.72. The molecule has 0 aromatic heterocycles. The summed E-state index contributed by atoms with van der Waals surface area (Å²) in [5, 5.41) is 0. The van der Waals surface area contributed by atoms with Crippen molar-refractivity contribution in [3.63, 3.8) is 0 Å². The van der Waals surface area contributed by atoms with Crippen molar-refractivity contribution >= 4 is 0 Å². The lowest BCUT2D eigenvalue weighted by molar-refractivity contribution is 0.529. The van der Waals surface area contributed by atoms with Gasteiger partial charge in [-0.1, -0.05) is 13.8 Å². The SMILES string of the molecule is CC1CCC2(C)CC12. The van der Waals surface area contributed by atoms with Gasteiger partial charge in [0.25, 0.3) is 0 Å². The Balaban J connectivity index is 2.15. The van der Waals surface area contributed by atoms with Crippen molar-refractivity contribution in [1.82, 2.24) is 0 Å². The van der Waals surface area contributed by atoms with Crippen LogP contribution in [0.4, 0.5) is 0 Å². The van der Waals surface area contributed by atoms with Gasteiger partial charge in [0.1, 0.15) is 0 Å². The highest BCUT2D eigenvalue weighted by molar-refractivity contribution is 5.05. The topological polar surface area (TPSA) is 0 Å². The summed E-state index contributed by atoms with van der Waals surface area (Å²) in [5.41, 5.74) is 0.833. The van der Waals surface area contributed by atoms with E-state index in [1.165, 1.54) is 19.3 Å². The first-order valence-corrected chi connectivity index (χ1v) is 3.72. The van der Waals surface area contributed by atoms with Crippen LogP contribution in [0, 0.1) is 17.3 Å². The quantitative estimate of drug-likeness (QED) is 0.449. The molecule has 0 aromatic carbocycles. The maximum Gasteiger partial charge on any atom is -0.0292 e. The smallest absolute Gasteiger partial charge is 0.0292 e. The first-order chi connectivity index (χ1) is 3.72. The molecule has 0 heterocycles. The molecule has 46 valence electrons. The standard InChI is InChI=1S/C8H14/c1-6-3-4-8(2)5-7(6)8/h6-7H,3-5H2,1-2H3. The largest absolute Gasteiger partial charge is 0.0622 e. The van der Waals surface area contributed by atoms with Crippen LogP contribution in [0.15, 0.2) is 0 Å². The second-order valence-electron chi connectivity index (χ2n) is 3.98. The molecule has 0 amide bonds. The van der Waals surface area contributed by atoms with Crippen molar-refractivity contribution in [3.8, 4) is 0 Å². The maximum atomic E-state index is 2.45. The predicted molar refractivity (Wildman–Crippen MR) is 34.6 cm³/mol. The summed E-state index contributed by atoms with van der Waals surface area (Å²) in [7, 11) is 0. The third-order valence-corrected chi connectivity index (χ3v) is 3.28. The first kappa shape index (κ1) is 4.84. The molecular weight excluding hydrogens is 96.1 g/mol. The summed E-state index contributed by atoms with van der Waals surface area (Å²) in [6.45, 7) is 4.85. The van der Waals surface area contributed by atoms with E-state index < -0.39 is 0 Å². The average Bonchev–Trinajstić information content (AvgIpc) is 2.32. The van der Waals surface area contributed by atoms with Crippen molar-refractivity contribution in [2.45, 2.75) is 33.1 Å². The zero-order chi connectivity index (χ0) is 5.78. The Morgan fingerprint density at radius 3 is 2.38 bits per heavy atom. The van der Waals surface area contributed by atoms with Gasteiger partial charge < -0.3 is 0 Å². The van der Waals surface area contributed by atoms with Gasteiger partial charge in [0.2, 0.25) is 0 Å². The average molecular weight is 110 g/mol. The van der Waals surface area contributed by atoms with E-state index in [0.29, 0.717) is 0 Å². The van der Waals surface area contributed by atoms with Crippen molar-refractivity contribution in [3.05, 3.63) is 0 Å². The van der Waals surface area contributed by atoms with E-state index in [4.69, 9.17) is 0 Å². The van der Waals surface area contributed by atoms with Crippen LogP contribution in [0.25, 0.3) is 0 Å². The summed E-state index contributed by atoms with van der Waals surface area (Å²) in [6.07, 6.45) is 4.55. The summed E-state index contributed by atoms with van der Waals surface area (Å²) in [6, 6.07) is 0. The molecule has 0 bridgehead atoms. The van der Waals surface area contributed by atoms with E-state index in [9.17, 15) is 0 Å². The van der Waals surface area contributed by atoms with E-state index in [1.807, 2.05) is 0 Å². The van der Waals surface area contributed by atoms with Gasteiger partial charge in [-0.3, -0.25) is 0 Å². The number of fused-ring (bicyclic) bond motifs is 1. The monoisotopic (exact) mass is 110 g/mol. The molecule has 2 aliphatic carbocycles. The van der Waals surface area contributed by atoms with Crippen LogP contribution >= 0.6 is 0 Å². The lowest BCUT2D eigenvalue weighted by atomic mass is 10.1. The van der Waals surface area contributed by atoms with E-state index >= 15 is 0 Å². The predicted octanol–water partition coefficient (Wildman–Crippen LogP) is 2.44. The molecule has 2 fully saturated rings. The molecule has 0 aliphatic heterocycles. The highest BCUT2D eigenvalue weighted by Gasteiger charge is 2.56. The third-order valence-electron chi connectivity index (χ3n) is 3.28. The number of hydrogen-bond acceptors (Lipinski definition) is 0. The second kappa shape index (κ2) is 1.12. The second-order valence-corrected chi connectivity index (χ2v) is 3.98. The molecule has 2 aliphatic rings. The zero-order valence-corrected chi connectivity index (χ0v) is 5.78. The van der Waals surface area contributed by atoms with Gasteiger partial charge >= 0.3 is 0 Å². The van der Waals surface area contributed by atoms with Gasteiger partial charge in [-0.05, 0) is 36.5 Å². The molecule has 8 heavy (non-hydrogen) atoms. The molecule has 0 spiro atoms. The minimum atomic E-state index is 0.833. The molecule has 2 rings (SSSR count). The van der Waals surface area contributed by atoms with E-state index in [-0.39, 0.29) is 0 Å². The van der Waals surface area contributed by atoms with Crippen LogP contribution in [0.2, 0.25) is 0 Å². The van der Waals surface area contributed by atoms with Crippen molar-refractivity contribution in [1.29, 1.82) is 0 Å². The van der Waals surface area contributed by atoms with Crippen LogP contribution in [0.1, 0.15) is 33.1 Å². The normalized spacial score (nSPS) is 60.8. The van der Waals surface area contributed by atoms with Crippen LogP contribution in [0.5, 0.6) is 0 Å². The summed E-state index contributed by atoms with van der Waals surface area (Å²) in [5.74, 6) is 2.18. The third kappa shape index (κ3) is 0.416. The lowest BCUT2D eigenvalue weighted by Crippen LogP contribution is -1.89. The fourth-order valence-corrected chi connectivity index (χ4v) is 2.38. The molecule has 3 atom stereocenters. The fourth-order valence-electron chi connectivity index (χ4n) is 2.38. The van der Waals surface area contributed by atoms with Gasteiger partial charge in [-0.2, -0.15) is 0 Å². The van der Waals surface area contributed by atoms with E-state index in [1.54, 1.807) is 0 Å². The molecule has 0 nitrogen and oxygen atoms in total. The molecule has 0 saturated heterocycles. The van der Waals surface area contributed by atoms with E-state index in [0.717, 1.165) is 17.3 Å². The molecule has 0 aromatic rings. The summed E-state index contributed by atoms with van der Waals surface area (Å²) >= 11 is 0. The van der Waals surface area contributed by atoms with Crippen LogP contribution in [0.3, 0.4) is 0 Å². The van der Waals surface area contributed by atoms with Gasteiger partial charge in [-0.25, -0.2) is 0 Å². The highest BCUT2D eigenvalue weighted by atomic mass is 14.6. The van der Waals surface area contributed by atoms with Crippen molar-refractivity contribution in [2.24, 2.45) is 17.3 Å². The highest BCUT2D eigenvalue weighted by Crippen LogP contribution is 2.65. The Morgan fingerprint density at radius 1 is 1.50 bits per heavy atom. The van der Waals surface area contributed by atoms with Crippen molar-refractivity contribution < 1.29 is 0 Å². The molecule has 3 unspecified atom stereocenters. The van der Waals surface area contributed by atoms with Crippen molar-refractivity contribution in [2.75, 3.05) is 0 Å². The van der Waals surface area contributed by atoms with Crippen LogP contribution < -0.4 is 0 Å². The Kier molecular flexibility index (Phi) is 0.678. The summed E-state index contributed by atoms with van der Waals surface area (Å²) in [4.78, 5) is 0. The molecular formula is C8H14. The van der Waals surface area contributed by atoms with Gasteiger partial charge in [0, 0.05) is 0 Å². The number of hydrogen-bond donors (Lipinski definition) is 0. The lowest BCUT2D eigenvalue weighted by Gasteiger charge is -1.98. The van der Waals surface area contributed by atoms with Gasteiger partial charge in [0.15, 0.2) is 0 Å². The minimum Gasteiger partial charge on any atom is -0.0622 e. The van der Waals surface area contributed by atoms with E-state index in [2.05, 4.69) is 13.8 Å². The molecule has 0 radical (unpaired) electrons. The molecule has 0 N–H and O–H groups in total. The van der Waals surface area contributed by atoms with Crippen LogP contribution in [-0.2, 0) is 0 Å².